The number of piperazine rings is 1. The summed E-state index contributed by atoms with van der Waals surface area (Å²) >= 11 is 0. The summed E-state index contributed by atoms with van der Waals surface area (Å²) in [5, 5.41) is 15.1. The van der Waals surface area contributed by atoms with E-state index in [1.807, 2.05) is 12.1 Å². The molecular weight excluding hydrogens is 506 g/mol. The van der Waals surface area contributed by atoms with Gasteiger partial charge in [0.1, 0.15) is 5.75 Å². The first-order chi connectivity index (χ1) is 19.7. The van der Waals surface area contributed by atoms with Gasteiger partial charge in [-0.1, -0.05) is 44.5 Å². The minimum Gasteiger partial charge on any atom is -0.508 e. The molecule has 0 unspecified atom stereocenters. The highest BCUT2D eigenvalue weighted by Gasteiger charge is 2.38. The van der Waals surface area contributed by atoms with Gasteiger partial charge >= 0.3 is 0 Å². The van der Waals surface area contributed by atoms with Crippen molar-refractivity contribution in [2.24, 2.45) is 0 Å². The zero-order chi connectivity index (χ0) is 29.1. The van der Waals surface area contributed by atoms with E-state index in [-0.39, 0.29) is 5.54 Å². The molecule has 0 amide bonds. The highest BCUT2D eigenvalue weighted by atomic mass is 16.3. The Labute approximate surface area is 247 Å². The first-order valence-corrected chi connectivity index (χ1v) is 15.8. The number of nitrogens with zero attached hydrogens (tertiary/aromatic N) is 4. The number of hydrogen-bond acceptors (Lipinski definition) is 6. The molecule has 2 N–H and O–H groups in total. The van der Waals surface area contributed by atoms with Crippen LogP contribution in [0.15, 0.2) is 48.5 Å². The molecule has 3 aromatic rings. The normalized spacial score (nSPS) is 22.8. The van der Waals surface area contributed by atoms with E-state index in [0.717, 1.165) is 57.5 Å². The molecule has 5 rings (SSSR count). The lowest BCUT2D eigenvalue weighted by atomic mass is 9.79. The van der Waals surface area contributed by atoms with E-state index in [1.54, 1.807) is 6.07 Å². The third-order valence-corrected chi connectivity index (χ3v) is 9.61. The SMILES string of the molecule is CCC[C@@H](c1cc2ccc(CN3CCC(c4cccc(O)c4)(N(C)C)CC3)cc2nc1CC)N1C[C@@H](C)N[C@@H](C)C1. The van der Waals surface area contributed by atoms with Crippen LogP contribution in [0.4, 0.5) is 0 Å². The molecule has 3 heterocycles. The van der Waals surface area contributed by atoms with Crippen LogP contribution in [0.1, 0.15) is 81.8 Å². The lowest BCUT2D eigenvalue weighted by Gasteiger charge is -2.46. The Morgan fingerprint density at radius 2 is 1.76 bits per heavy atom. The van der Waals surface area contributed by atoms with Crippen molar-refractivity contribution >= 4 is 10.9 Å². The third-order valence-electron chi connectivity index (χ3n) is 9.61. The maximum absolute atomic E-state index is 10.1. The van der Waals surface area contributed by atoms with E-state index in [1.165, 1.54) is 40.6 Å². The van der Waals surface area contributed by atoms with Gasteiger partial charge in [0.25, 0.3) is 0 Å². The number of phenolic OH excluding ortho intramolecular Hbond substituents is 1. The summed E-state index contributed by atoms with van der Waals surface area (Å²) in [4.78, 5) is 12.9. The van der Waals surface area contributed by atoms with Crippen LogP contribution in [0.25, 0.3) is 10.9 Å². The van der Waals surface area contributed by atoms with Crippen molar-refractivity contribution in [3.8, 4) is 5.75 Å². The summed E-state index contributed by atoms with van der Waals surface area (Å²) in [6.45, 7) is 14.4. The molecule has 2 aliphatic heterocycles. The van der Waals surface area contributed by atoms with E-state index in [2.05, 4.69) is 92.1 Å². The van der Waals surface area contributed by atoms with Gasteiger partial charge in [-0.2, -0.15) is 0 Å². The second-order valence-corrected chi connectivity index (χ2v) is 12.9. The summed E-state index contributed by atoms with van der Waals surface area (Å²) in [5.74, 6) is 0.350. The monoisotopic (exact) mass is 557 g/mol. The molecule has 0 radical (unpaired) electrons. The number of fused-ring (bicyclic) bond motifs is 1. The van der Waals surface area contributed by atoms with Crippen molar-refractivity contribution in [3.63, 3.8) is 0 Å². The zero-order valence-corrected chi connectivity index (χ0v) is 26.2. The molecule has 2 fully saturated rings. The van der Waals surface area contributed by atoms with Crippen LogP contribution in [-0.2, 0) is 18.5 Å². The largest absolute Gasteiger partial charge is 0.508 e. The summed E-state index contributed by atoms with van der Waals surface area (Å²) in [6, 6.07) is 18.7. The predicted octanol–water partition coefficient (Wildman–Crippen LogP) is 6.08. The van der Waals surface area contributed by atoms with Gasteiger partial charge in [0.05, 0.1) is 5.52 Å². The van der Waals surface area contributed by atoms with Gasteiger partial charge in [-0.15, -0.1) is 0 Å². The van der Waals surface area contributed by atoms with Crippen molar-refractivity contribution in [3.05, 3.63) is 70.9 Å². The second kappa shape index (κ2) is 12.8. The standard InChI is InChI=1S/C35H51N5O/c1-7-10-34(40-22-25(3)36-26(4)23-40)31-20-28-14-13-27(19-33(28)37-32(31)8-2)24-39-17-15-35(16-18-39,38(5)6)29-11-9-12-30(41)21-29/h9,11-14,19-21,25-26,34,36,41H,7-8,10,15-18,22-24H2,1-6H3/t25-,26+,34-/m0/s1. The first kappa shape index (κ1) is 30.0. The maximum Gasteiger partial charge on any atom is 0.115 e. The van der Waals surface area contributed by atoms with Gasteiger partial charge in [0.15, 0.2) is 0 Å². The average molecular weight is 558 g/mol. The van der Waals surface area contributed by atoms with E-state index in [9.17, 15) is 5.11 Å². The molecule has 0 bridgehead atoms. The Hall–Kier alpha value is -2.51. The number of likely N-dealkylation sites (tertiary alicyclic amines) is 1. The van der Waals surface area contributed by atoms with Crippen LogP contribution in [0, 0.1) is 0 Å². The molecule has 0 aliphatic carbocycles. The van der Waals surface area contributed by atoms with Gasteiger partial charge in [0, 0.05) is 67.5 Å². The number of aromatic hydroxyl groups is 1. The number of hydrogen-bond donors (Lipinski definition) is 2. The van der Waals surface area contributed by atoms with Crippen molar-refractivity contribution in [1.82, 2.24) is 25.0 Å². The molecular formula is C35H51N5O. The first-order valence-electron chi connectivity index (χ1n) is 15.8. The fourth-order valence-corrected chi connectivity index (χ4v) is 7.50. The van der Waals surface area contributed by atoms with Crippen molar-refractivity contribution < 1.29 is 5.11 Å². The molecule has 2 aromatic carbocycles. The number of aryl methyl sites for hydroxylation is 1. The number of benzene rings is 2. The van der Waals surface area contributed by atoms with Gasteiger partial charge < -0.3 is 10.4 Å². The fraction of sp³-hybridized carbons (Fsp3) is 0.571. The highest BCUT2D eigenvalue weighted by Crippen LogP contribution is 2.39. The molecule has 6 heteroatoms. The fourth-order valence-electron chi connectivity index (χ4n) is 7.50. The molecule has 3 atom stereocenters. The molecule has 0 spiro atoms. The van der Waals surface area contributed by atoms with Crippen LogP contribution in [0.3, 0.4) is 0 Å². The lowest BCUT2D eigenvalue weighted by Crippen LogP contribution is -2.55. The van der Waals surface area contributed by atoms with Gasteiger partial charge in [0.2, 0.25) is 0 Å². The maximum atomic E-state index is 10.1. The molecule has 1 aromatic heterocycles. The molecule has 2 saturated heterocycles. The minimum absolute atomic E-state index is 0.0400. The molecule has 222 valence electrons. The minimum atomic E-state index is -0.0400. The average Bonchev–Trinajstić information content (AvgIpc) is 2.95. The Morgan fingerprint density at radius 3 is 2.39 bits per heavy atom. The summed E-state index contributed by atoms with van der Waals surface area (Å²) in [7, 11) is 4.34. The molecule has 6 nitrogen and oxygen atoms in total. The zero-order valence-electron chi connectivity index (χ0n) is 26.2. The lowest BCUT2D eigenvalue weighted by molar-refractivity contribution is 0.0506. The van der Waals surface area contributed by atoms with Crippen molar-refractivity contribution in [2.45, 2.75) is 90.0 Å². The van der Waals surface area contributed by atoms with Gasteiger partial charge in [-0.3, -0.25) is 19.7 Å². The topological polar surface area (TPSA) is 54.9 Å². The number of aromatic nitrogens is 1. The molecule has 41 heavy (non-hydrogen) atoms. The van der Waals surface area contributed by atoms with Crippen LogP contribution in [-0.4, -0.2) is 77.1 Å². The highest BCUT2D eigenvalue weighted by molar-refractivity contribution is 5.80. The summed E-state index contributed by atoms with van der Waals surface area (Å²) in [6.07, 6.45) is 5.39. The van der Waals surface area contributed by atoms with Gasteiger partial charge in [-0.05, 0) is 94.6 Å². The van der Waals surface area contributed by atoms with E-state index >= 15 is 0 Å². The Balaban J connectivity index is 1.34. The quantitative estimate of drug-likeness (QED) is 0.333. The van der Waals surface area contributed by atoms with Crippen LogP contribution >= 0.6 is 0 Å². The van der Waals surface area contributed by atoms with E-state index < -0.39 is 0 Å². The second-order valence-electron chi connectivity index (χ2n) is 12.9. The van der Waals surface area contributed by atoms with E-state index in [0.29, 0.717) is 23.9 Å². The number of nitrogens with one attached hydrogen (secondary N) is 1. The van der Waals surface area contributed by atoms with Crippen LogP contribution < -0.4 is 5.32 Å². The van der Waals surface area contributed by atoms with Crippen molar-refractivity contribution in [1.29, 1.82) is 0 Å². The number of pyridine rings is 1. The smallest absolute Gasteiger partial charge is 0.115 e. The third kappa shape index (κ3) is 6.46. The summed E-state index contributed by atoms with van der Waals surface area (Å²) < 4.78 is 0. The Bertz CT molecular complexity index is 1310. The summed E-state index contributed by atoms with van der Waals surface area (Å²) in [5.41, 5.74) is 6.32. The number of piperidine rings is 1. The molecule has 2 aliphatic rings. The Morgan fingerprint density at radius 1 is 1.02 bits per heavy atom. The Kier molecular flexibility index (Phi) is 9.34. The number of rotatable bonds is 9. The van der Waals surface area contributed by atoms with Crippen LogP contribution in [0.5, 0.6) is 5.75 Å². The van der Waals surface area contributed by atoms with E-state index in [4.69, 9.17) is 4.98 Å². The molecule has 0 saturated carbocycles. The number of phenols is 1. The van der Waals surface area contributed by atoms with Crippen molar-refractivity contribution in [2.75, 3.05) is 40.3 Å². The predicted molar refractivity (Wildman–Crippen MR) is 170 cm³/mol. The van der Waals surface area contributed by atoms with Gasteiger partial charge in [-0.25, -0.2) is 0 Å². The van der Waals surface area contributed by atoms with Crippen LogP contribution in [0.2, 0.25) is 0 Å².